The van der Waals surface area contributed by atoms with Crippen LogP contribution in [-0.2, 0) is 4.79 Å². The Bertz CT molecular complexity index is 993. The fraction of sp³-hybridized carbons (Fsp3) is 0.238. The zero-order valence-corrected chi connectivity index (χ0v) is 17.0. The number of halogens is 4. The first-order valence-corrected chi connectivity index (χ1v) is 9.36. The Morgan fingerprint density at radius 3 is 2.24 bits per heavy atom. The van der Waals surface area contributed by atoms with Crippen LogP contribution in [0.15, 0.2) is 54.4 Å². The highest BCUT2D eigenvalue weighted by Crippen LogP contribution is 2.32. The van der Waals surface area contributed by atoms with Crippen molar-refractivity contribution < 1.29 is 46.5 Å². The molecule has 3 rings (SSSR count). The van der Waals surface area contributed by atoms with E-state index in [0.29, 0.717) is 53.6 Å². The molecule has 0 spiro atoms. The first-order valence-electron chi connectivity index (χ1n) is 9.36. The van der Waals surface area contributed by atoms with E-state index in [0.717, 1.165) is 0 Å². The Balaban J connectivity index is 0.000000479. The molecule has 12 heteroatoms. The van der Waals surface area contributed by atoms with E-state index in [1.807, 2.05) is 0 Å². The largest absolute Gasteiger partial charge is 0.490 e. The molecule has 0 saturated heterocycles. The second-order valence-corrected chi connectivity index (χ2v) is 6.40. The highest BCUT2D eigenvalue weighted by Gasteiger charge is 2.38. The number of ether oxygens (including phenoxy) is 3. The van der Waals surface area contributed by atoms with Crippen molar-refractivity contribution >= 4 is 17.6 Å². The fourth-order valence-corrected chi connectivity index (χ4v) is 2.34. The topological polar surface area (TPSA) is 120 Å². The van der Waals surface area contributed by atoms with Crippen LogP contribution in [0.2, 0.25) is 0 Å². The Morgan fingerprint density at radius 1 is 1.09 bits per heavy atom. The molecule has 0 atom stereocenters. The number of carbonyl (C=O) groups is 2. The van der Waals surface area contributed by atoms with Gasteiger partial charge in [0.2, 0.25) is 0 Å². The van der Waals surface area contributed by atoms with Gasteiger partial charge in [-0.1, -0.05) is 0 Å². The highest BCUT2D eigenvalue weighted by molar-refractivity contribution is 6.04. The first kappa shape index (κ1) is 25.5. The third-order valence-corrected chi connectivity index (χ3v) is 4.00. The number of anilines is 1. The van der Waals surface area contributed by atoms with Crippen molar-refractivity contribution in [1.29, 1.82) is 0 Å². The number of carboxylic acids is 1. The molecule has 33 heavy (non-hydrogen) atoms. The SMILES string of the molecule is NC/C(=C\F)COc1ccc(C(=O)Nc2ccc3c(c2)OCCO3)cc1.O=C(O)C(F)(F)F. The summed E-state index contributed by atoms with van der Waals surface area (Å²) < 4.78 is 60.6. The molecular weight excluding hydrogens is 452 g/mol. The van der Waals surface area contributed by atoms with Gasteiger partial charge in [0.1, 0.15) is 25.6 Å². The minimum absolute atomic E-state index is 0.0652. The highest BCUT2D eigenvalue weighted by atomic mass is 19.4. The Labute approximate surface area is 185 Å². The normalized spacial score (nSPS) is 12.8. The van der Waals surface area contributed by atoms with Crippen LogP contribution in [0.4, 0.5) is 23.2 Å². The summed E-state index contributed by atoms with van der Waals surface area (Å²) in [5.74, 6) is -1.23. The van der Waals surface area contributed by atoms with Crippen LogP contribution in [0.1, 0.15) is 10.4 Å². The van der Waals surface area contributed by atoms with E-state index in [9.17, 15) is 22.4 Å². The van der Waals surface area contributed by atoms with E-state index in [-0.39, 0.29) is 19.1 Å². The number of carboxylic acid groups (broad SMARTS) is 1. The van der Waals surface area contributed by atoms with Gasteiger partial charge in [0.25, 0.3) is 5.91 Å². The smallest absolute Gasteiger partial charge is 0.489 e. The lowest BCUT2D eigenvalue weighted by atomic mass is 10.2. The van der Waals surface area contributed by atoms with Gasteiger partial charge in [0.05, 0.1) is 6.33 Å². The quantitative estimate of drug-likeness (QED) is 0.550. The summed E-state index contributed by atoms with van der Waals surface area (Å²) in [5, 5.41) is 9.93. The van der Waals surface area contributed by atoms with Gasteiger partial charge < -0.3 is 30.4 Å². The maximum Gasteiger partial charge on any atom is 0.490 e. The lowest BCUT2D eigenvalue weighted by Gasteiger charge is -2.19. The van der Waals surface area contributed by atoms with Crippen LogP contribution in [-0.4, -0.2) is 49.5 Å². The average Bonchev–Trinajstić information content (AvgIpc) is 2.80. The Kier molecular flexibility index (Phi) is 9.04. The van der Waals surface area contributed by atoms with E-state index < -0.39 is 12.1 Å². The van der Waals surface area contributed by atoms with Crippen molar-refractivity contribution in [3.8, 4) is 17.2 Å². The van der Waals surface area contributed by atoms with Gasteiger partial charge in [-0.2, -0.15) is 13.2 Å². The molecule has 0 radical (unpaired) electrons. The number of rotatable bonds is 6. The summed E-state index contributed by atoms with van der Waals surface area (Å²) >= 11 is 0. The van der Waals surface area contributed by atoms with Crippen molar-refractivity contribution in [2.45, 2.75) is 6.18 Å². The number of carbonyl (C=O) groups excluding carboxylic acids is 1. The third-order valence-electron chi connectivity index (χ3n) is 4.00. The standard InChI is InChI=1S/C19H19FN2O4.C2HF3O2/c20-10-13(11-21)12-26-16-4-1-14(2-5-16)19(23)22-15-3-6-17-18(9-15)25-8-7-24-17;3-2(4,5)1(6)7/h1-6,9-10H,7-8,11-12,21H2,(H,22,23);(H,6,7)/b13-10+;. The average molecular weight is 472 g/mol. The maximum atomic E-state index is 12.5. The number of aliphatic carboxylic acids is 1. The van der Waals surface area contributed by atoms with Crippen molar-refractivity contribution in [2.24, 2.45) is 5.73 Å². The van der Waals surface area contributed by atoms with E-state index in [4.69, 9.17) is 29.8 Å². The molecule has 1 aliphatic rings. The van der Waals surface area contributed by atoms with E-state index >= 15 is 0 Å². The molecule has 2 aromatic rings. The van der Waals surface area contributed by atoms with Crippen LogP contribution in [0.25, 0.3) is 0 Å². The molecule has 0 bridgehead atoms. The molecule has 0 saturated carbocycles. The summed E-state index contributed by atoms with van der Waals surface area (Å²) in [7, 11) is 0. The van der Waals surface area contributed by atoms with Crippen LogP contribution < -0.4 is 25.3 Å². The van der Waals surface area contributed by atoms with Gasteiger partial charge in [-0.3, -0.25) is 4.79 Å². The molecule has 0 aliphatic carbocycles. The molecule has 8 nitrogen and oxygen atoms in total. The number of hydrogen-bond acceptors (Lipinski definition) is 6. The van der Waals surface area contributed by atoms with Crippen molar-refractivity contribution in [2.75, 3.05) is 31.7 Å². The second kappa shape index (κ2) is 11.7. The van der Waals surface area contributed by atoms with Crippen LogP contribution >= 0.6 is 0 Å². The number of hydrogen-bond donors (Lipinski definition) is 3. The third kappa shape index (κ3) is 8.00. The van der Waals surface area contributed by atoms with Crippen molar-refractivity contribution in [3.63, 3.8) is 0 Å². The molecule has 1 aliphatic heterocycles. The lowest BCUT2D eigenvalue weighted by molar-refractivity contribution is -0.192. The van der Waals surface area contributed by atoms with Crippen molar-refractivity contribution in [3.05, 3.63) is 59.9 Å². The summed E-state index contributed by atoms with van der Waals surface area (Å²) in [5.41, 5.74) is 6.80. The van der Waals surface area contributed by atoms with Gasteiger partial charge in [-0.25, -0.2) is 9.18 Å². The Morgan fingerprint density at radius 2 is 1.70 bits per heavy atom. The number of fused-ring (bicyclic) bond motifs is 1. The van der Waals surface area contributed by atoms with Gasteiger partial charge in [0.15, 0.2) is 11.5 Å². The number of nitrogens with two attached hydrogens (primary N) is 1. The van der Waals surface area contributed by atoms with Crippen LogP contribution in [0.5, 0.6) is 17.2 Å². The predicted molar refractivity (Wildman–Crippen MR) is 109 cm³/mol. The van der Waals surface area contributed by atoms with E-state index in [2.05, 4.69) is 5.32 Å². The Hall–Kier alpha value is -3.80. The van der Waals surface area contributed by atoms with Gasteiger partial charge in [-0.15, -0.1) is 0 Å². The maximum absolute atomic E-state index is 12.5. The van der Waals surface area contributed by atoms with Crippen LogP contribution in [0, 0.1) is 0 Å². The summed E-state index contributed by atoms with van der Waals surface area (Å²) in [6.07, 6.45) is -4.64. The molecule has 4 N–H and O–H groups in total. The van der Waals surface area contributed by atoms with Gasteiger partial charge >= 0.3 is 12.1 Å². The molecule has 1 heterocycles. The van der Waals surface area contributed by atoms with E-state index in [1.54, 1.807) is 42.5 Å². The molecule has 178 valence electrons. The molecule has 2 aromatic carbocycles. The zero-order valence-electron chi connectivity index (χ0n) is 17.0. The molecule has 0 unspecified atom stereocenters. The fourth-order valence-electron chi connectivity index (χ4n) is 2.34. The monoisotopic (exact) mass is 472 g/mol. The summed E-state index contributed by atoms with van der Waals surface area (Å²) in [6.45, 7) is 1.15. The second-order valence-electron chi connectivity index (χ2n) is 6.40. The van der Waals surface area contributed by atoms with E-state index in [1.165, 1.54) is 0 Å². The molecule has 1 amide bonds. The van der Waals surface area contributed by atoms with Gasteiger partial charge in [-0.05, 0) is 36.4 Å². The first-order chi connectivity index (χ1) is 15.6. The minimum Gasteiger partial charge on any atom is -0.489 e. The minimum atomic E-state index is -5.08. The number of benzene rings is 2. The summed E-state index contributed by atoms with van der Waals surface area (Å²) in [4.78, 5) is 21.2. The number of amides is 1. The van der Waals surface area contributed by atoms with Gasteiger partial charge in [0, 0.05) is 29.4 Å². The molecule has 0 fully saturated rings. The number of nitrogens with one attached hydrogen (secondary N) is 1. The van der Waals surface area contributed by atoms with Crippen molar-refractivity contribution in [1.82, 2.24) is 0 Å². The number of alkyl halides is 3. The lowest BCUT2D eigenvalue weighted by Crippen LogP contribution is -2.21. The van der Waals surface area contributed by atoms with Crippen LogP contribution in [0.3, 0.4) is 0 Å². The zero-order chi connectivity index (χ0) is 24.4. The molecule has 0 aromatic heterocycles. The predicted octanol–water partition coefficient (Wildman–Crippen LogP) is 3.53. The summed E-state index contributed by atoms with van der Waals surface area (Å²) in [6, 6.07) is 11.8. The molecular formula is C21H20F4N2O6.